The molecule has 23 heteroatoms. The van der Waals surface area contributed by atoms with Crippen LogP contribution in [0.1, 0.15) is 118 Å². The Balaban J connectivity index is 0.0000141. The molecule has 478 valence electrons. The minimum Gasteiger partial charge on any atom is -0.744 e. The van der Waals surface area contributed by atoms with Crippen LogP contribution in [0.2, 0.25) is 0 Å². The summed E-state index contributed by atoms with van der Waals surface area (Å²) in [5, 5.41) is 2.97. The first kappa shape index (κ1) is 74.4. The summed E-state index contributed by atoms with van der Waals surface area (Å²) in [6.07, 6.45) is 14.5. The van der Waals surface area contributed by atoms with Gasteiger partial charge in [-0.1, -0.05) is 85.6 Å². The summed E-state index contributed by atoms with van der Waals surface area (Å²) in [4.78, 5) is 51.1. The maximum atomic E-state index is 13.4. The van der Waals surface area contributed by atoms with Crippen molar-refractivity contribution >= 4 is 68.8 Å². The molecule has 0 spiro atoms. The van der Waals surface area contributed by atoms with Gasteiger partial charge >= 0.3 is 49.3 Å². The van der Waals surface area contributed by atoms with Crippen molar-refractivity contribution in [3.05, 3.63) is 131 Å². The number of halogens is 1. The van der Waals surface area contributed by atoms with Gasteiger partial charge in [0.25, 0.3) is 0 Å². The average molecular weight is 1330 g/mol. The molecule has 1 amide bonds. The Morgan fingerprint density at radius 2 is 1.43 bits per heavy atom. The molecule has 88 heavy (non-hydrogen) atoms. The summed E-state index contributed by atoms with van der Waals surface area (Å²) >= 11 is 3.37. The molecule has 19 nitrogen and oxygen atoms in total. The van der Waals surface area contributed by atoms with Gasteiger partial charge in [0, 0.05) is 60.4 Å². The molecule has 1 aliphatic carbocycles. The van der Waals surface area contributed by atoms with Crippen LogP contribution in [0.4, 0.5) is 11.4 Å². The summed E-state index contributed by atoms with van der Waals surface area (Å²) in [7, 11) is -3.24. The fourth-order valence-electron chi connectivity index (χ4n) is 10.9. The predicted molar refractivity (Wildman–Crippen MR) is 338 cm³/mol. The largest absolute Gasteiger partial charge is 1.00 e. The van der Waals surface area contributed by atoms with Crippen molar-refractivity contribution in [3.63, 3.8) is 0 Å². The molecule has 3 aromatic rings. The van der Waals surface area contributed by atoms with Crippen LogP contribution in [0.25, 0.3) is 0 Å². The number of quaternary nitrogens is 1. The Morgan fingerprint density at radius 3 is 2.11 bits per heavy atom. The van der Waals surface area contributed by atoms with Crippen LogP contribution in [0.5, 0.6) is 5.75 Å². The standard InChI is InChI=1S/C65H90BrN4O15PS.Na/c1-12-13-18-36-68-54-24-16-14-22-52(54)63(4,5)56(68)32-26-48-20-19-21-49(59(48)85-50-28-30-51(31-29-50)87(76,77)78)27-33-57-64(6,7)53-23-15-17-25-55(53)69(57)37-34-58(71)67-35-39-79-41-42-80-43-44-81-60(72)62(2,3)47-65(8,66)61(73)82-45-46-84-86(74,75)83-40-38-70(9,10)11;/h14-17,22-33H,12-13,18-21,34-47H2,1-11H3,(H-2,67,71,74,75,76,77,78);/q;+1/p+1. The topological polar surface area (TPSA) is 229 Å². The van der Waals surface area contributed by atoms with E-state index < -0.39 is 45.0 Å². The molecule has 0 saturated heterocycles. The van der Waals surface area contributed by atoms with Gasteiger partial charge in [0.2, 0.25) is 11.6 Å². The zero-order chi connectivity index (χ0) is 63.9. The zero-order valence-corrected chi connectivity index (χ0v) is 58.9. The number of hydrogen-bond acceptors (Lipinski definition) is 15. The molecular weight excluding hydrogens is 1240 g/mol. The number of amides is 1. The summed E-state index contributed by atoms with van der Waals surface area (Å²) in [6.45, 7) is 18.2. The minimum atomic E-state index is -4.66. The number of benzene rings is 3. The van der Waals surface area contributed by atoms with Gasteiger partial charge in [-0.25, -0.2) is 13.0 Å². The minimum absolute atomic E-state index is 0. The third-order valence-corrected chi connectivity index (χ3v) is 18.1. The maximum Gasteiger partial charge on any atom is 1.00 e. The number of hydrogen-bond donors (Lipinski definition) is 2. The van der Waals surface area contributed by atoms with Crippen molar-refractivity contribution in [1.29, 1.82) is 0 Å². The van der Waals surface area contributed by atoms with Gasteiger partial charge in [-0.05, 0) is 126 Å². The van der Waals surface area contributed by atoms with Crippen molar-refractivity contribution in [2.45, 2.75) is 127 Å². The van der Waals surface area contributed by atoms with Gasteiger partial charge in [-0.3, -0.25) is 23.4 Å². The zero-order valence-electron chi connectivity index (χ0n) is 53.6. The number of rotatable bonds is 34. The Morgan fingerprint density at radius 1 is 0.807 bits per heavy atom. The number of fused-ring (bicyclic) bond motifs is 2. The first-order valence-corrected chi connectivity index (χ1v) is 33.6. The molecule has 0 radical (unpaired) electrons. The Labute approximate surface area is 552 Å². The van der Waals surface area contributed by atoms with Crippen molar-refractivity contribution in [2.75, 3.05) is 105 Å². The number of likely N-dealkylation sites (N-methyl/N-ethyl adjacent to an activating group) is 1. The van der Waals surface area contributed by atoms with Crippen LogP contribution < -0.4 is 44.5 Å². The normalized spacial score (nSPS) is 18.0. The van der Waals surface area contributed by atoms with E-state index >= 15 is 0 Å². The summed E-state index contributed by atoms with van der Waals surface area (Å²) in [6, 6.07) is 22.4. The third kappa shape index (κ3) is 21.1. The van der Waals surface area contributed by atoms with Crippen LogP contribution in [0.15, 0.2) is 125 Å². The van der Waals surface area contributed by atoms with Crippen molar-refractivity contribution in [3.8, 4) is 5.75 Å². The number of nitrogens with one attached hydrogen (secondary N) is 1. The molecule has 3 aliphatic rings. The van der Waals surface area contributed by atoms with Gasteiger partial charge in [-0.15, -0.1) is 0 Å². The van der Waals surface area contributed by atoms with Gasteiger partial charge in [-0.2, -0.15) is 4.58 Å². The van der Waals surface area contributed by atoms with Gasteiger partial charge in [0.1, 0.15) is 58.9 Å². The Bertz CT molecular complexity index is 3220. The smallest absolute Gasteiger partial charge is 0.744 e. The average Bonchev–Trinajstić information content (AvgIpc) is 1.65. The second-order valence-electron chi connectivity index (χ2n) is 25.0. The third-order valence-electron chi connectivity index (χ3n) is 15.6. The predicted octanol–water partition coefficient (Wildman–Crippen LogP) is 7.88. The molecule has 2 aliphatic heterocycles. The summed E-state index contributed by atoms with van der Waals surface area (Å²) in [5.41, 5.74) is 7.06. The second kappa shape index (κ2) is 32.8. The van der Waals surface area contributed by atoms with Crippen molar-refractivity contribution in [2.24, 2.45) is 5.41 Å². The van der Waals surface area contributed by atoms with E-state index in [1.165, 1.54) is 41.2 Å². The fraction of sp³-hybridized carbons (Fsp3) is 0.538. The van der Waals surface area contributed by atoms with Crippen LogP contribution in [0.3, 0.4) is 0 Å². The van der Waals surface area contributed by atoms with E-state index in [1.807, 2.05) is 33.3 Å². The number of unbranched alkanes of at least 4 members (excludes halogenated alkanes) is 2. The van der Waals surface area contributed by atoms with Crippen LogP contribution >= 0.6 is 23.8 Å². The number of ether oxygens (including phenoxy) is 5. The van der Waals surface area contributed by atoms with E-state index in [-0.39, 0.29) is 118 Å². The van der Waals surface area contributed by atoms with E-state index in [4.69, 9.17) is 32.7 Å². The van der Waals surface area contributed by atoms with E-state index in [0.29, 0.717) is 35.5 Å². The number of alkyl halides is 1. The molecule has 2 atom stereocenters. The van der Waals surface area contributed by atoms with E-state index in [9.17, 15) is 36.8 Å². The SMILES string of the molecule is CCCCC[N+]1=C(C=CC2=C(Oc3ccc(S(=O)(=O)[O-])cc3)C(=CC=C3N(CCC(=O)NCCOCCOCCOC(=O)C(C)(C)CC(C)(Br)C(=O)OCCOP(=O)(O)OCC[N+](C)(C)C)c4ccccc4C3(C)C)CCC2)C(C)(C)c2ccccc21.[Na+]. The van der Waals surface area contributed by atoms with Gasteiger partial charge < -0.3 is 47.8 Å². The quantitative estimate of drug-likeness (QED) is 0.00847. The number of esters is 2. The molecule has 6 rings (SSSR count). The molecule has 2 unspecified atom stereocenters. The second-order valence-corrected chi connectivity index (χ2v) is 29.6. The fourth-order valence-corrected chi connectivity index (χ4v) is 12.9. The molecular formula is C65H91BrN4NaO15PS+2. The maximum absolute atomic E-state index is 13.4. The number of para-hydroxylation sites is 2. The molecule has 0 bridgehead atoms. The number of phosphoric ester groups is 1. The molecule has 0 aromatic heterocycles. The number of nitrogens with zero attached hydrogens (tertiary/aromatic N) is 3. The van der Waals surface area contributed by atoms with Gasteiger partial charge in [0.15, 0.2) is 5.71 Å². The van der Waals surface area contributed by atoms with E-state index in [1.54, 1.807) is 20.8 Å². The Hall–Kier alpha value is -4.32. The molecule has 0 fully saturated rings. The molecule has 2 N–H and O–H groups in total. The van der Waals surface area contributed by atoms with E-state index in [0.717, 1.165) is 66.7 Å². The number of allylic oxidation sites excluding steroid dienone is 7. The number of phosphoric acid groups is 1. The van der Waals surface area contributed by atoms with Crippen LogP contribution in [-0.2, 0) is 67.9 Å². The van der Waals surface area contributed by atoms with Gasteiger partial charge in [0.05, 0.1) is 69.9 Å². The van der Waals surface area contributed by atoms with Crippen LogP contribution in [-0.4, -0.2) is 155 Å². The van der Waals surface area contributed by atoms with E-state index in [2.05, 4.69) is 126 Å². The monoisotopic (exact) mass is 1330 g/mol. The number of carbonyl (C=O) groups is 3. The van der Waals surface area contributed by atoms with Crippen molar-refractivity contribution < 1.29 is 108 Å². The number of anilines is 1. The van der Waals surface area contributed by atoms with Crippen LogP contribution in [0, 0.1) is 5.41 Å². The van der Waals surface area contributed by atoms with Crippen molar-refractivity contribution in [1.82, 2.24) is 5.32 Å². The first-order valence-electron chi connectivity index (χ1n) is 29.9. The Kier molecular flexibility index (Phi) is 27.7. The summed E-state index contributed by atoms with van der Waals surface area (Å²) in [5.74, 6) is -0.296. The summed E-state index contributed by atoms with van der Waals surface area (Å²) < 4.78 is 88.2. The molecule has 2 heterocycles. The molecule has 3 aromatic carbocycles. The molecule has 0 saturated carbocycles. The number of carbonyl (C=O) groups excluding carboxylic acids is 3. The first-order chi connectivity index (χ1) is 40.9.